The lowest BCUT2D eigenvalue weighted by Crippen LogP contribution is -2.06. The number of hydrogen-bond acceptors (Lipinski definition) is 3. The Morgan fingerprint density at radius 3 is 2.37 bits per heavy atom. The highest BCUT2D eigenvalue weighted by molar-refractivity contribution is 6.29. The smallest absolute Gasteiger partial charge is 0.366 e. The highest BCUT2D eigenvalue weighted by Crippen LogP contribution is 2.29. The summed E-state index contributed by atoms with van der Waals surface area (Å²) in [7, 11) is 0. The molecule has 0 saturated carbocycles. The predicted octanol–water partition coefficient (Wildman–Crippen LogP) is 3.76. The quantitative estimate of drug-likeness (QED) is 0.874. The van der Waals surface area contributed by atoms with E-state index < -0.39 is 11.7 Å². The normalized spacial score (nSPS) is 11.4. The number of hydrogen-bond donors (Lipinski definition) is 1. The van der Waals surface area contributed by atoms with Gasteiger partial charge in [0, 0.05) is 12.6 Å². The van der Waals surface area contributed by atoms with Crippen LogP contribution in [-0.4, -0.2) is 9.97 Å². The Kier molecular flexibility index (Phi) is 3.90. The van der Waals surface area contributed by atoms with E-state index in [-0.39, 0.29) is 0 Å². The van der Waals surface area contributed by atoms with Crippen molar-refractivity contribution in [2.75, 3.05) is 5.32 Å². The van der Waals surface area contributed by atoms with Gasteiger partial charge in [-0.25, -0.2) is 9.97 Å². The fourth-order valence-corrected chi connectivity index (χ4v) is 1.58. The Labute approximate surface area is 112 Å². The number of halogens is 4. The first-order valence-electron chi connectivity index (χ1n) is 5.33. The van der Waals surface area contributed by atoms with Crippen molar-refractivity contribution in [2.45, 2.75) is 12.7 Å². The van der Waals surface area contributed by atoms with Crippen LogP contribution in [0.4, 0.5) is 19.0 Å². The van der Waals surface area contributed by atoms with E-state index in [2.05, 4.69) is 15.3 Å². The molecule has 3 nitrogen and oxygen atoms in total. The summed E-state index contributed by atoms with van der Waals surface area (Å²) in [6, 6.07) is 6.46. The van der Waals surface area contributed by atoms with Crippen LogP contribution in [0.2, 0.25) is 5.15 Å². The molecule has 0 amide bonds. The van der Waals surface area contributed by atoms with Gasteiger partial charge in [0.25, 0.3) is 0 Å². The molecule has 0 aliphatic heterocycles. The summed E-state index contributed by atoms with van der Waals surface area (Å²) >= 11 is 5.68. The third-order valence-corrected chi connectivity index (χ3v) is 2.60. The number of nitrogens with zero attached hydrogens (tertiary/aromatic N) is 2. The fraction of sp³-hybridized carbons (Fsp3) is 0.167. The van der Waals surface area contributed by atoms with Crippen molar-refractivity contribution >= 4 is 17.4 Å². The molecule has 0 spiro atoms. The van der Waals surface area contributed by atoms with Gasteiger partial charge in [0.05, 0.1) is 5.56 Å². The zero-order valence-electron chi connectivity index (χ0n) is 9.58. The predicted molar refractivity (Wildman–Crippen MR) is 65.8 cm³/mol. The summed E-state index contributed by atoms with van der Waals surface area (Å²) in [4.78, 5) is 7.65. The zero-order valence-corrected chi connectivity index (χ0v) is 10.3. The first-order valence-corrected chi connectivity index (χ1v) is 5.70. The minimum absolute atomic E-state index is 0.296. The van der Waals surface area contributed by atoms with Crippen LogP contribution >= 0.6 is 11.6 Å². The number of alkyl halides is 3. The lowest BCUT2D eigenvalue weighted by atomic mass is 10.1. The van der Waals surface area contributed by atoms with E-state index in [1.54, 1.807) is 0 Å². The van der Waals surface area contributed by atoms with Crippen LogP contribution < -0.4 is 5.32 Å². The van der Waals surface area contributed by atoms with Crippen molar-refractivity contribution in [1.82, 2.24) is 9.97 Å². The summed E-state index contributed by atoms with van der Waals surface area (Å²) in [6.07, 6.45) is -3.01. The molecule has 0 saturated heterocycles. The van der Waals surface area contributed by atoms with E-state index in [1.807, 2.05) is 0 Å². The second-order valence-corrected chi connectivity index (χ2v) is 4.16. The summed E-state index contributed by atoms with van der Waals surface area (Å²) < 4.78 is 37.1. The van der Waals surface area contributed by atoms with Crippen molar-refractivity contribution in [3.8, 4) is 0 Å². The van der Waals surface area contributed by atoms with Crippen LogP contribution in [0.3, 0.4) is 0 Å². The van der Waals surface area contributed by atoms with Crippen molar-refractivity contribution in [3.63, 3.8) is 0 Å². The van der Waals surface area contributed by atoms with Gasteiger partial charge in [0.2, 0.25) is 0 Å². The summed E-state index contributed by atoms with van der Waals surface area (Å²) in [6.45, 7) is 0.353. The lowest BCUT2D eigenvalue weighted by molar-refractivity contribution is -0.137. The molecule has 1 aromatic heterocycles. The molecule has 0 atom stereocenters. The maximum Gasteiger partial charge on any atom is 0.416 e. The van der Waals surface area contributed by atoms with Crippen molar-refractivity contribution < 1.29 is 13.2 Å². The van der Waals surface area contributed by atoms with Crippen molar-refractivity contribution in [2.24, 2.45) is 0 Å². The molecule has 0 aliphatic carbocycles. The van der Waals surface area contributed by atoms with Gasteiger partial charge in [-0.15, -0.1) is 0 Å². The van der Waals surface area contributed by atoms with Gasteiger partial charge in [-0.3, -0.25) is 0 Å². The minimum atomic E-state index is -4.31. The van der Waals surface area contributed by atoms with Crippen LogP contribution in [0.25, 0.3) is 0 Å². The molecule has 7 heteroatoms. The van der Waals surface area contributed by atoms with Gasteiger partial charge in [-0.05, 0) is 17.7 Å². The summed E-state index contributed by atoms with van der Waals surface area (Å²) in [5.41, 5.74) is 0.0454. The lowest BCUT2D eigenvalue weighted by Gasteiger charge is -2.08. The topological polar surface area (TPSA) is 37.8 Å². The molecule has 1 heterocycles. The monoisotopic (exact) mass is 287 g/mol. The molecule has 2 rings (SSSR count). The molecular formula is C12H9ClF3N3. The first kappa shape index (κ1) is 13.6. The van der Waals surface area contributed by atoms with Gasteiger partial charge in [-0.2, -0.15) is 13.2 Å². The average Bonchev–Trinajstić information content (AvgIpc) is 2.36. The van der Waals surface area contributed by atoms with E-state index in [9.17, 15) is 13.2 Å². The maximum atomic E-state index is 12.4. The average molecular weight is 288 g/mol. The van der Waals surface area contributed by atoms with Gasteiger partial charge >= 0.3 is 6.18 Å². The number of rotatable bonds is 3. The largest absolute Gasteiger partial charge is 0.416 e. The van der Waals surface area contributed by atoms with Gasteiger partial charge in [-0.1, -0.05) is 23.7 Å². The zero-order chi connectivity index (χ0) is 13.9. The van der Waals surface area contributed by atoms with Crippen LogP contribution in [0.1, 0.15) is 11.1 Å². The summed E-state index contributed by atoms with van der Waals surface area (Å²) in [5.74, 6) is 0.514. The highest BCUT2D eigenvalue weighted by atomic mass is 35.5. The molecule has 2 aromatic rings. The Bertz CT molecular complexity index is 555. The van der Waals surface area contributed by atoms with E-state index in [0.29, 0.717) is 23.1 Å². The van der Waals surface area contributed by atoms with Gasteiger partial charge < -0.3 is 5.32 Å². The van der Waals surface area contributed by atoms with E-state index >= 15 is 0 Å². The van der Waals surface area contributed by atoms with E-state index in [1.165, 1.54) is 24.5 Å². The third-order valence-electron chi connectivity index (χ3n) is 2.39. The molecule has 19 heavy (non-hydrogen) atoms. The molecule has 0 fully saturated rings. The standard InChI is InChI=1S/C12H9ClF3N3/c13-10-5-11(19-7-18-10)17-6-8-1-3-9(4-2-8)12(14,15)16/h1-5,7H,6H2,(H,17,18,19). The van der Waals surface area contributed by atoms with E-state index in [0.717, 1.165) is 12.1 Å². The first-order chi connectivity index (χ1) is 8.95. The molecule has 0 radical (unpaired) electrons. The van der Waals surface area contributed by atoms with Gasteiger partial charge in [0.15, 0.2) is 0 Å². The fourth-order valence-electron chi connectivity index (χ4n) is 1.43. The number of nitrogens with one attached hydrogen (secondary N) is 1. The molecule has 0 aliphatic rings. The SMILES string of the molecule is FC(F)(F)c1ccc(CNc2cc(Cl)ncn2)cc1. The summed E-state index contributed by atoms with van der Waals surface area (Å²) in [5, 5.41) is 3.24. The highest BCUT2D eigenvalue weighted by Gasteiger charge is 2.29. The molecule has 0 bridgehead atoms. The molecule has 1 N–H and O–H groups in total. The van der Waals surface area contributed by atoms with Crippen molar-refractivity contribution in [3.05, 3.63) is 52.9 Å². The Morgan fingerprint density at radius 2 is 1.79 bits per heavy atom. The number of aromatic nitrogens is 2. The molecule has 0 unspecified atom stereocenters. The van der Waals surface area contributed by atoms with Crippen LogP contribution in [-0.2, 0) is 12.7 Å². The molecule has 100 valence electrons. The molecule has 1 aromatic carbocycles. The second-order valence-electron chi connectivity index (χ2n) is 3.77. The minimum Gasteiger partial charge on any atom is -0.366 e. The van der Waals surface area contributed by atoms with Crippen LogP contribution in [0.5, 0.6) is 0 Å². The number of anilines is 1. The Hall–Kier alpha value is -1.82. The Morgan fingerprint density at radius 1 is 1.11 bits per heavy atom. The van der Waals surface area contributed by atoms with Crippen LogP contribution in [0.15, 0.2) is 36.7 Å². The van der Waals surface area contributed by atoms with Gasteiger partial charge in [0.1, 0.15) is 17.3 Å². The van der Waals surface area contributed by atoms with Crippen molar-refractivity contribution in [1.29, 1.82) is 0 Å². The van der Waals surface area contributed by atoms with Crippen LogP contribution in [0, 0.1) is 0 Å². The maximum absolute atomic E-state index is 12.4. The second kappa shape index (κ2) is 5.44. The Balaban J connectivity index is 2.01. The number of benzene rings is 1. The molecular weight excluding hydrogens is 279 g/mol. The van der Waals surface area contributed by atoms with E-state index in [4.69, 9.17) is 11.6 Å². The third kappa shape index (κ3) is 3.82.